The van der Waals surface area contributed by atoms with Crippen LogP contribution in [0.5, 0.6) is 0 Å². The van der Waals surface area contributed by atoms with Crippen LogP contribution in [0.4, 0.5) is 0 Å². The maximum atomic E-state index is 5.72. The Hall–Kier alpha value is -0.160. The molecule has 2 aliphatic heterocycles. The molecule has 0 aromatic rings. The van der Waals surface area contributed by atoms with Crippen LogP contribution < -0.4 is 5.32 Å². The van der Waals surface area contributed by atoms with Crippen LogP contribution in [-0.4, -0.2) is 73.9 Å². The van der Waals surface area contributed by atoms with Crippen molar-refractivity contribution in [2.75, 3.05) is 45.9 Å². The molecule has 4 heteroatoms. The number of ether oxygens (including phenoxy) is 1. The number of likely N-dealkylation sites (tertiary alicyclic amines) is 1. The van der Waals surface area contributed by atoms with Gasteiger partial charge in [-0.15, -0.1) is 0 Å². The first-order valence-electron chi connectivity index (χ1n) is 8.09. The number of hydrogen-bond donors (Lipinski definition) is 1. The van der Waals surface area contributed by atoms with Gasteiger partial charge in [-0.1, -0.05) is 20.8 Å². The van der Waals surface area contributed by atoms with E-state index in [0.29, 0.717) is 12.1 Å². The van der Waals surface area contributed by atoms with E-state index in [0.717, 1.165) is 32.2 Å². The fraction of sp³-hybridized carbons (Fsp3) is 1.00. The van der Waals surface area contributed by atoms with Gasteiger partial charge >= 0.3 is 0 Å². The van der Waals surface area contributed by atoms with E-state index in [1.807, 2.05) is 0 Å². The van der Waals surface area contributed by atoms with Gasteiger partial charge in [0, 0.05) is 37.8 Å². The van der Waals surface area contributed by atoms with Crippen molar-refractivity contribution in [2.24, 2.45) is 0 Å². The van der Waals surface area contributed by atoms with E-state index in [1.165, 1.54) is 32.6 Å². The van der Waals surface area contributed by atoms with Gasteiger partial charge in [-0.3, -0.25) is 9.80 Å². The summed E-state index contributed by atoms with van der Waals surface area (Å²) in [6, 6.07) is 1.95. The molecule has 2 aliphatic rings. The lowest BCUT2D eigenvalue weighted by Crippen LogP contribution is -2.55. The van der Waals surface area contributed by atoms with Gasteiger partial charge in [0.05, 0.1) is 6.61 Å². The molecule has 4 nitrogen and oxygen atoms in total. The topological polar surface area (TPSA) is 27.7 Å². The summed E-state index contributed by atoms with van der Waals surface area (Å²) in [7, 11) is 0. The molecule has 0 radical (unpaired) electrons. The second-order valence-electron chi connectivity index (χ2n) is 5.75. The Kier molecular flexibility index (Phi) is 6.07. The highest BCUT2D eigenvalue weighted by Gasteiger charge is 2.35. The molecule has 19 heavy (non-hydrogen) atoms. The SMILES string of the molecule is CCNC1CCOCC1N1CCC(N(CC)CC)C1. The lowest BCUT2D eigenvalue weighted by Gasteiger charge is -2.38. The summed E-state index contributed by atoms with van der Waals surface area (Å²) in [5, 5.41) is 3.65. The molecule has 112 valence electrons. The Morgan fingerprint density at radius 1 is 1.21 bits per heavy atom. The van der Waals surface area contributed by atoms with Crippen LogP contribution in [0.25, 0.3) is 0 Å². The highest BCUT2D eigenvalue weighted by atomic mass is 16.5. The maximum absolute atomic E-state index is 5.72. The van der Waals surface area contributed by atoms with Gasteiger partial charge in [-0.25, -0.2) is 0 Å². The van der Waals surface area contributed by atoms with E-state index in [9.17, 15) is 0 Å². The zero-order chi connectivity index (χ0) is 13.7. The van der Waals surface area contributed by atoms with Gasteiger partial charge in [-0.2, -0.15) is 0 Å². The molecule has 0 aliphatic carbocycles. The van der Waals surface area contributed by atoms with Crippen LogP contribution in [0.2, 0.25) is 0 Å². The summed E-state index contributed by atoms with van der Waals surface area (Å²) in [4.78, 5) is 5.27. The van der Waals surface area contributed by atoms with Crippen LogP contribution in [0, 0.1) is 0 Å². The van der Waals surface area contributed by atoms with Crippen LogP contribution in [0.1, 0.15) is 33.6 Å². The van der Waals surface area contributed by atoms with Crippen molar-refractivity contribution in [3.05, 3.63) is 0 Å². The summed E-state index contributed by atoms with van der Waals surface area (Å²) in [5.74, 6) is 0. The fourth-order valence-electron chi connectivity index (χ4n) is 3.69. The highest BCUT2D eigenvalue weighted by molar-refractivity contribution is 4.93. The standard InChI is InChI=1S/C15H31N3O/c1-4-16-14-8-10-19-12-15(14)18-9-7-13(11-18)17(5-2)6-3/h13-16H,4-12H2,1-3H3. The summed E-state index contributed by atoms with van der Waals surface area (Å²) in [6.07, 6.45) is 2.47. The Bertz CT molecular complexity index is 256. The molecule has 0 amide bonds. The van der Waals surface area contributed by atoms with Gasteiger partial charge in [0.15, 0.2) is 0 Å². The second-order valence-corrected chi connectivity index (χ2v) is 5.75. The van der Waals surface area contributed by atoms with Crippen molar-refractivity contribution < 1.29 is 4.74 Å². The number of likely N-dealkylation sites (N-methyl/N-ethyl adjacent to an activating group) is 2. The van der Waals surface area contributed by atoms with Gasteiger partial charge in [0.25, 0.3) is 0 Å². The van der Waals surface area contributed by atoms with Crippen molar-refractivity contribution in [3.63, 3.8) is 0 Å². The molecular weight excluding hydrogens is 238 g/mol. The second kappa shape index (κ2) is 7.58. The van der Waals surface area contributed by atoms with E-state index >= 15 is 0 Å². The maximum Gasteiger partial charge on any atom is 0.0637 e. The molecule has 2 saturated heterocycles. The van der Waals surface area contributed by atoms with Gasteiger partial charge in [0.2, 0.25) is 0 Å². The van der Waals surface area contributed by atoms with Crippen molar-refractivity contribution in [3.8, 4) is 0 Å². The van der Waals surface area contributed by atoms with Crippen molar-refractivity contribution >= 4 is 0 Å². The highest BCUT2D eigenvalue weighted by Crippen LogP contribution is 2.22. The molecule has 1 N–H and O–H groups in total. The van der Waals surface area contributed by atoms with Crippen LogP contribution in [-0.2, 0) is 4.74 Å². The number of hydrogen-bond acceptors (Lipinski definition) is 4. The van der Waals surface area contributed by atoms with E-state index in [1.54, 1.807) is 0 Å². The Morgan fingerprint density at radius 3 is 2.68 bits per heavy atom. The average molecular weight is 269 g/mol. The van der Waals surface area contributed by atoms with Crippen LogP contribution >= 0.6 is 0 Å². The lowest BCUT2D eigenvalue weighted by atomic mass is 10.0. The molecule has 0 aromatic heterocycles. The van der Waals surface area contributed by atoms with E-state index < -0.39 is 0 Å². The predicted octanol–water partition coefficient (Wildman–Crippen LogP) is 1.17. The third kappa shape index (κ3) is 3.69. The van der Waals surface area contributed by atoms with Crippen molar-refractivity contribution in [1.82, 2.24) is 15.1 Å². The zero-order valence-corrected chi connectivity index (χ0v) is 12.9. The van der Waals surface area contributed by atoms with Crippen molar-refractivity contribution in [1.29, 1.82) is 0 Å². The van der Waals surface area contributed by atoms with Gasteiger partial charge < -0.3 is 10.1 Å². The number of nitrogens with zero attached hydrogens (tertiary/aromatic N) is 2. The largest absolute Gasteiger partial charge is 0.380 e. The van der Waals surface area contributed by atoms with Gasteiger partial charge in [-0.05, 0) is 32.5 Å². The molecule has 3 unspecified atom stereocenters. The molecular formula is C15H31N3O. The monoisotopic (exact) mass is 269 g/mol. The number of nitrogens with one attached hydrogen (secondary N) is 1. The first-order chi connectivity index (χ1) is 9.30. The molecule has 0 aromatic carbocycles. The normalized spacial score (nSPS) is 33.2. The average Bonchev–Trinajstić information content (AvgIpc) is 2.91. The van der Waals surface area contributed by atoms with Crippen LogP contribution in [0.15, 0.2) is 0 Å². The minimum Gasteiger partial charge on any atom is -0.380 e. The predicted molar refractivity (Wildman–Crippen MR) is 79.6 cm³/mol. The Labute approximate surface area is 118 Å². The Balaban J connectivity index is 1.90. The van der Waals surface area contributed by atoms with Crippen molar-refractivity contribution in [2.45, 2.75) is 51.7 Å². The zero-order valence-electron chi connectivity index (χ0n) is 12.9. The quantitative estimate of drug-likeness (QED) is 0.783. The van der Waals surface area contributed by atoms with Gasteiger partial charge in [0.1, 0.15) is 0 Å². The van der Waals surface area contributed by atoms with E-state index in [2.05, 4.69) is 35.9 Å². The molecule has 0 bridgehead atoms. The minimum absolute atomic E-state index is 0.578. The molecule has 3 atom stereocenters. The van der Waals surface area contributed by atoms with E-state index in [4.69, 9.17) is 4.74 Å². The summed E-state index contributed by atoms with van der Waals surface area (Å²) in [5.41, 5.74) is 0. The summed E-state index contributed by atoms with van der Waals surface area (Å²) >= 11 is 0. The van der Waals surface area contributed by atoms with Crippen LogP contribution in [0.3, 0.4) is 0 Å². The third-order valence-corrected chi connectivity index (χ3v) is 4.79. The molecule has 0 saturated carbocycles. The number of rotatable bonds is 6. The fourth-order valence-corrected chi connectivity index (χ4v) is 3.69. The smallest absolute Gasteiger partial charge is 0.0637 e. The summed E-state index contributed by atoms with van der Waals surface area (Å²) in [6.45, 7) is 14.4. The first-order valence-corrected chi connectivity index (χ1v) is 8.09. The lowest BCUT2D eigenvalue weighted by molar-refractivity contribution is 0.00323. The molecule has 0 spiro atoms. The summed E-state index contributed by atoms with van der Waals surface area (Å²) < 4.78 is 5.72. The Morgan fingerprint density at radius 2 is 2.00 bits per heavy atom. The third-order valence-electron chi connectivity index (χ3n) is 4.79. The van der Waals surface area contributed by atoms with E-state index in [-0.39, 0.29) is 0 Å². The molecule has 2 heterocycles. The first kappa shape index (κ1) is 15.2. The minimum atomic E-state index is 0.578. The molecule has 2 fully saturated rings. The molecule has 2 rings (SSSR count).